The predicted octanol–water partition coefficient (Wildman–Crippen LogP) is 1.49. The van der Waals surface area contributed by atoms with Crippen LogP contribution in [0.2, 0.25) is 0 Å². The molecule has 11 nitrogen and oxygen atoms in total. The lowest BCUT2D eigenvalue weighted by atomic mass is 9.43. The third-order valence-electron chi connectivity index (χ3n) is 13.6. The average Bonchev–Trinajstić information content (AvgIpc) is 3.44. The van der Waals surface area contributed by atoms with Crippen LogP contribution in [0.15, 0.2) is 0 Å². The monoisotopic (exact) mass is 624 g/mol. The molecule has 0 radical (unpaired) electrons. The summed E-state index contributed by atoms with van der Waals surface area (Å²) in [6.07, 6.45) is -2.36. The van der Waals surface area contributed by atoms with E-state index in [0.29, 0.717) is 24.2 Å². The third kappa shape index (κ3) is 4.91. The molecule has 3 saturated heterocycles. The molecule has 4 aliphatic carbocycles. The van der Waals surface area contributed by atoms with E-state index in [2.05, 4.69) is 13.8 Å². The van der Waals surface area contributed by atoms with Gasteiger partial charge in [0, 0.05) is 12.3 Å². The maximum Gasteiger partial charge on any atom is 0.309 e. The fourth-order valence-corrected chi connectivity index (χ4v) is 11.3. The standard InChI is InChI=1S/C33H52O11/c1-14-26-23(43-30(14)39)11-19-17-10-22(20-9-16(34)5-7-32(20,3)18(17)6-8-33(19,26)4)42-25-12-24(27(36)15(2)41-25)44-31-29(38)28(37)21(35)13-40-31/h14-29,31,34-38H,5-13H2,1-4H3. The molecule has 0 aromatic carbocycles. The van der Waals surface area contributed by atoms with Crippen LogP contribution in [-0.2, 0) is 28.5 Å². The Morgan fingerprint density at radius 2 is 1.55 bits per heavy atom. The van der Waals surface area contributed by atoms with Crippen LogP contribution < -0.4 is 0 Å². The highest BCUT2D eigenvalue weighted by atomic mass is 16.7. The number of aliphatic hydroxyl groups is 5. The lowest BCUT2D eigenvalue weighted by Crippen LogP contribution is -2.60. The molecule has 0 spiro atoms. The number of hydrogen-bond acceptors (Lipinski definition) is 11. The average molecular weight is 625 g/mol. The lowest BCUT2D eigenvalue weighted by Gasteiger charge is -2.63. The number of rotatable bonds is 4. The van der Waals surface area contributed by atoms with E-state index >= 15 is 0 Å². The number of aliphatic hydroxyl groups excluding tert-OH is 5. The summed E-state index contributed by atoms with van der Waals surface area (Å²) in [5.74, 6) is 1.62. The van der Waals surface area contributed by atoms with Crippen LogP contribution in [0.5, 0.6) is 0 Å². The zero-order chi connectivity index (χ0) is 31.3. The summed E-state index contributed by atoms with van der Waals surface area (Å²) in [6, 6.07) is 0. The fraction of sp³-hybridized carbons (Fsp3) is 0.970. The minimum atomic E-state index is -1.46. The molecule has 250 valence electrons. The summed E-state index contributed by atoms with van der Waals surface area (Å²) in [4.78, 5) is 12.5. The molecule has 5 N–H and O–H groups in total. The first-order valence-electron chi connectivity index (χ1n) is 17.0. The summed E-state index contributed by atoms with van der Waals surface area (Å²) in [7, 11) is 0. The van der Waals surface area contributed by atoms with Crippen molar-refractivity contribution in [2.24, 2.45) is 46.3 Å². The van der Waals surface area contributed by atoms with Crippen LogP contribution in [0, 0.1) is 46.3 Å². The maximum atomic E-state index is 12.5. The van der Waals surface area contributed by atoms with Gasteiger partial charge in [0.25, 0.3) is 0 Å². The Morgan fingerprint density at radius 3 is 2.32 bits per heavy atom. The molecule has 4 saturated carbocycles. The zero-order valence-electron chi connectivity index (χ0n) is 26.4. The van der Waals surface area contributed by atoms with Crippen molar-refractivity contribution in [2.75, 3.05) is 6.61 Å². The number of carbonyl (C=O) groups excluding carboxylic acids is 1. The van der Waals surface area contributed by atoms with Gasteiger partial charge < -0.3 is 49.2 Å². The van der Waals surface area contributed by atoms with E-state index in [1.807, 2.05) is 6.92 Å². The Kier molecular flexibility index (Phi) is 8.19. The van der Waals surface area contributed by atoms with Crippen molar-refractivity contribution in [3.63, 3.8) is 0 Å². The molecule has 0 bridgehead atoms. The van der Waals surface area contributed by atoms with Crippen molar-refractivity contribution in [1.29, 1.82) is 0 Å². The van der Waals surface area contributed by atoms with Gasteiger partial charge in [-0.3, -0.25) is 4.79 Å². The van der Waals surface area contributed by atoms with E-state index in [-0.39, 0.29) is 65.9 Å². The highest BCUT2D eigenvalue weighted by Crippen LogP contribution is 2.69. The summed E-state index contributed by atoms with van der Waals surface area (Å²) in [6.45, 7) is 8.39. The minimum absolute atomic E-state index is 0.000848. The van der Waals surface area contributed by atoms with E-state index < -0.39 is 49.2 Å². The van der Waals surface area contributed by atoms with Gasteiger partial charge in [-0.15, -0.1) is 0 Å². The smallest absolute Gasteiger partial charge is 0.309 e. The summed E-state index contributed by atoms with van der Waals surface area (Å²) in [5, 5.41) is 52.2. The van der Waals surface area contributed by atoms with Crippen LogP contribution in [-0.4, -0.2) is 106 Å². The number of carbonyl (C=O) groups is 1. The van der Waals surface area contributed by atoms with Gasteiger partial charge in [0.05, 0.1) is 36.9 Å². The second-order valence-corrected chi connectivity index (χ2v) is 15.8. The molecule has 7 fully saturated rings. The molecule has 3 aliphatic heterocycles. The first kappa shape index (κ1) is 31.7. The SMILES string of the molecule is CC1OC(OC2CC3C(CCC4(C)C3CC3OC(=O)C(C)C34)C3(C)CCC(O)CC23)CC(OC2OCC(O)C(O)C2O)C1O. The second kappa shape index (κ2) is 11.4. The van der Waals surface area contributed by atoms with Gasteiger partial charge in [-0.05, 0) is 86.4 Å². The Labute approximate surface area is 259 Å². The topological polar surface area (TPSA) is 164 Å². The second-order valence-electron chi connectivity index (χ2n) is 15.8. The highest BCUT2D eigenvalue weighted by Gasteiger charge is 2.67. The van der Waals surface area contributed by atoms with Crippen molar-refractivity contribution in [3.05, 3.63) is 0 Å². The van der Waals surface area contributed by atoms with Gasteiger partial charge in [0.1, 0.15) is 30.5 Å². The molecule has 19 atom stereocenters. The molecule has 0 aromatic heterocycles. The third-order valence-corrected chi connectivity index (χ3v) is 13.6. The number of esters is 1. The molecule has 7 rings (SSSR count). The molecule has 11 heteroatoms. The van der Waals surface area contributed by atoms with E-state index in [1.165, 1.54) is 0 Å². The number of ether oxygens (including phenoxy) is 5. The Hall–Kier alpha value is -0.890. The Morgan fingerprint density at radius 1 is 0.795 bits per heavy atom. The minimum Gasteiger partial charge on any atom is -0.462 e. The van der Waals surface area contributed by atoms with Crippen molar-refractivity contribution in [3.8, 4) is 0 Å². The van der Waals surface area contributed by atoms with Gasteiger partial charge in [0.15, 0.2) is 12.6 Å². The molecule has 0 aromatic rings. The largest absolute Gasteiger partial charge is 0.462 e. The van der Waals surface area contributed by atoms with Crippen LogP contribution in [0.1, 0.15) is 79.1 Å². The first-order chi connectivity index (χ1) is 20.8. The molecule has 19 unspecified atom stereocenters. The van der Waals surface area contributed by atoms with Gasteiger partial charge in [-0.25, -0.2) is 0 Å². The molecule has 0 amide bonds. The summed E-state index contributed by atoms with van der Waals surface area (Å²) in [5.41, 5.74) is 0.0397. The first-order valence-corrected chi connectivity index (χ1v) is 17.0. The van der Waals surface area contributed by atoms with Crippen LogP contribution in [0.4, 0.5) is 0 Å². The molecule has 3 heterocycles. The molecular formula is C33H52O11. The molecular weight excluding hydrogens is 572 g/mol. The van der Waals surface area contributed by atoms with Gasteiger partial charge in [-0.1, -0.05) is 20.8 Å². The van der Waals surface area contributed by atoms with Crippen molar-refractivity contribution < 1.29 is 54.0 Å². The van der Waals surface area contributed by atoms with Gasteiger partial charge >= 0.3 is 5.97 Å². The van der Waals surface area contributed by atoms with Crippen molar-refractivity contribution in [1.82, 2.24) is 0 Å². The van der Waals surface area contributed by atoms with E-state index in [1.54, 1.807) is 6.92 Å². The molecule has 7 aliphatic rings. The lowest BCUT2D eigenvalue weighted by molar-refractivity contribution is -0.329. The van der Waals surface area contributed by atoms with E-state index in [9.17, 15) is 30.3 Å². The number of fused-ring (bicyclic) bond motifs is 7. The normalized spacial score (nSPS) is 58.8. The van der Waals surface area contributed by atoms with Gasteiger partial charge in [0.2, 0.25) is 0 Å². The van der Waals surface area contributed by atoms with Gasteiger partial charge in [-0.2, -0.15) is 0 Å². The van der Waals surface area contributed by atoms with E-state index in [0.717, 1.165) is 38.5 Å². The molecule has 44 heavy (non-hydrogen) atoms. The summed E-state index contributed by atoms with van der Waals surface area (Å²) >= 11 is 0. The van der Waals surface area contributed by atoms with Crippen molar-refractivity contribution in [2.45, 2.75) is 147 Å². The maximum absolute atomic E-state index is 12.5. The van der Waals surface area contributed by atoms with Crippen LogP contribution >= 0.6 is 0 Å². The van der Waals surface area contributed by atoms with Crippen LogP contribution in [0.3, 0.4) is 0 Å². The predicted molar refractivity (Wildman–Crippen MR) is 153 cm³/mol. The highest BCUT2D eigenvalue weighted by molar-refractivity contribution is 5.75. The Bertz CT molecular complexity index is 1090. The number of hydrogen-bond donors (Lipinski definition) is 5. The van der Waals surface area contributed by atoms with E-state index in [4.69, 9.17) is 23.7 Å². The van der Waals surface area contributed by atoms with Crippen molar-refractivity contribution >= 4 is 5.97 Å². The zero-order valence-corrected chi connectivity index (χ0v) is 26.4. The fourth-order valence-electron chi connectivity index (χ4n) is 11.3. The quantitative estimate of drug-likeness (QED) is 0.227. The van der Waals surface area contributed by atoms with Crippen LogP contribution in [0.25, 0.3) is 0 Å². The Balaban J connectivity index is 1.12. The summed E-state index contributed by atoms with van der Waals surface area (Å²) < 4.78 is 30.4.